The molecule has 1 aliphatic carbocycles. The van der Waals surface area contributed by atoms with Gasteiger partial charge in [0.2, 0.25) is 0 Å². The van der Waals surface area contributed by atoms with Gasteiger partial charge in [0.15, 0.2) is 5.96 Å². The van der Waals surface area contributed by atoms with E-state index in [1.165, 1.54) is 25.7 Å². The zero-order valence-electron chi connectivity index (χ0n) is 15.5. The molecule has 7 heteroatoms. The van der Waals surface area contributed by atoms with Gasteiger partial charge in [-0.3, -0.25) is 4.99 Å². The lowest BCUT2D eigenvalue weighted by molar-refractivity contribution is 0.0424. The molecule has 1 aromatic rings. The van der Waals surface area contributed by atoms with Crippen LogP contribution in [0.3, 0.4) is 0 Å². The second kappa shape index (κ2) is 12.6. The molecule has 2 aliphatic rings. The number of nitrogens with zero attached hydrogens (tertiary/aromatic N) is 1. The van der Waals surface area contributed by atoms with E-state index in [9.17, 15) is 0 Å². The smallest absolute Gasteiger partial charge is 0.191 e. The number of guanidine groups is 1. The summed E-state index contributed by atoms with van der Waals surface area (Å²) >= 11 is 0. The molecular formula is C19H32IN3O3. The number of hydrogen-bond acceptors (Lipinski definition) is 4. The third kappa shape index (κ3) is 7.84. The molecule has 0 bridgehead atoms. The zero-order valence-corrected chi connectivity index (χ0v) is 17.8. The van der Waals surface area contributed by atoms with Crippen LogP contribution >= 0.6 is 24.0 Å². The number of nitrogens with one attached hydrogen (secondary N) is 2. The van der Waals surface area contributed by atoms with Gasteiger partial charge >= 0.3 is 0 Å². The second-order valence-electron chi connectivity index (χ2n) is 6.82. The maximum Gasteiger partial charge on any atom is 0.191 e. The summed E-state index contributed by atoms with van der Waals surface area (Å²) in [5, 5.41) is 7.01. The van der Waals surface area contributed by atoms with Crippen molar-refractivity contribution < 1.29 is 13.9 Å². The van der Waals surface area contributed by atoms with Crippen molar-refractivity contribution in [1.29, 1.82) is 0 Å². The molecule has 1 unspecified atom stereocenters. The lowest BCUT2D eigenvalue weighted by Gasteiger charge is -2.17. The molecule has 2 N–H and O–H groups in total. The zero-order chi connectivity index (χ0) is 17.2. The minimum atomic E-state index is 0. The van der Waals surface area contributed by atoms with Gasteiger partial charge in [-0.2, -0.15) is 0 Å². The number of aliphatic imine (C=N–C) groups is 1. The van der Waals surface area contributed by atoms with Crippen LogP contribution in [0.5, 0.6) is 0 Å². The predicted octanol–water partition coefficient (Wildman–Crippen LogP) is 3.11. The van der Waals surface area contributed by atoms with E-state index in [0.29, 0.717) is 6.04 Å². The number of halogens is 1. The first-order valence-electron chi connectivity index (χ1n) is 9.67. The fraction of sp³-hybridized carbons (Fsp3) is 0.737. The molecule has 0 aromatic carbocycles. The Labute approximate surface area is 173 Å². The molecule has 2 heterocycles. The van der Waals surface area contributed by atoms with Gasteiger partial charge in [-0.05, 0) is 37.8 Å². The monoisotopic (exact) mass is 477 g/mol. The van der Waals surface area contributed by atoms with Crippen LogP contribution in [0.4, 0.5) is 0 Å². The molecule has 6 nitrogen and oxygen atoms in total. The minimum Gasteiger partial charge on any atom is -0.469 e. The van der Waals surface area contributed by atoms with Gasteiger partial charge in [0.1, 0.15) is 5.76 Å². The molecule has 1 aromatic heterocycles. The van der Waals surface area contributed by atoms with Crippen molar-refractivity contribution in [2.45, 2.75) is 57.1 Å². The van der Waals surface area contributed by atoms with Crippen molar-refractivity contribution in [2.75, 3.05) is 32.9 Å². The quantitative estimate of drug-likeness (QED) is 0.248. The van der Waals surface area contributed by atoms with Crippen LogP contribution in [0.25, 0.3) is 0 Å². The summed E-state index contributed by atoms with van der Waals surface area (Å²) in [7, 11) is 0. The molecule has 1 aliphatic heterocycles. The molecule has 26 heavy (non-hydrogen) atoms. The number of ether oxygens (including phenoxy) is 2. The van der Waals surface area contributed by atoms with Crippen molar-refractivity contribution in [1.82, 2.24) is 10.6 Å². The molecule has 0 spiro atoms. The van der Waals surface area contributed by atoms with Crippen LogP contribution in [0.2, 0.25) is 0 Å². The Morgan fingerprint density at radius 3 is 2.88 bits per heavy atom. The van der Waals surface area contributed by atoms with Crippen LogP contribution in [0.15, 0.2) is 27.8 Å². The first kappa shape index (κ1) is 21.5. The van der Waals surface area contributed by atoms with Crippen molar-refractivity contribution in [2.24, 2.45) is 4.99 Å². The van der Waals surface area contributed by atoms with E-state index < -0.39 is 0 Å². The van der Waals surface area contributed by atoms with E-state index in [0.717, 1.165) is 63.9 Å². The fourth-order valence-corrected chi connectivity index (χ4v) is 3.32. The number of furan rings is 1. The van der Waals surface area contributed by atoms with E-state index in [1.54, 1.807) is 6.26 Å². The summed E-state index contributed by atoms with van der Waals surface area (Å²) in [5.41, 5.74) is 0. The van der Waals surface area contributed by atoms with Crippen LogP contribution in [-0.4, -0.2) is 51.0 Å². The van der Waals surface area contributed by atoms with Gasteiger partial charge in [0.25, 0.3) is 0 Å². The summed E-state index contributed by atoms with van der Waals surface area (Å²) in [6, 6.07) is 4.49. The lowest BCUT2D eigenvalue weighted by Crippen LogP contribution is -2.43. The first-order valence-corrected chi connectivity index (χ1v) is 9.67. The molecule has 3 rings (SSSR count). The van der Waals surface area contributed by atoms with E-state index in [2.05, 4.69) is 10.6 Å². The summed E-state index contributed by atoms with van der Waals surface area (Å²) in [6.07, 6.45) is 9.93. The van der Waals surface area contributed by atoms with Gasteiger partial charge in [-0.1, -0.05) is 12.8 Å². The van der Waals surface area contributed by atoms with E-state index in [1.807, 2.05) is 12.1 Å². The minimum absolute atomic E-state index is 0. The summed E-state index contributed by atoms with van der Waals surface area (Å²) in [6.45, 7) is 3.92. The highest BCUT2D eigenvalue weighted by atomic mass is 127. The number of rotatable bonds is 9. The summed E-state index contributed by atoms with van der Waals surface area (Å²) in [4.78, 5) is 4.72. The fourth-order valence-electron chi connectivity index (χ4n) is 3.32. The van der Waals surface area contributed by atoms with Crippen molar-refractivity contribution in [3.63, 3.8) is 0 Å². The van der Waals surface area contributed by atoms with Crippen molar-refractivity contribution in [3.8, 4) is 0 Å². The second-order valence-corrected chi connectivity index (χ2v) is 6.82. The molecular weight excluding hydrogens is 445 g/mol. The third-order valence-electron chi connectivity index (χ3n) is 4.75. The Kier molecular flexibility index (Phi) is 10.4. The Bertz CT molecular complexity index is 498. The van der Waals surface area contributed by atoms with Crippen LogP contribution in [-0.2, 0) is 15.9 Å². The standard InChI is InChI=1S/C19H31N3O3.HI/c1-2-6-16(5-1)22-19(21-11-8-17-7-3-12-24-17)20-10-4-13-25-18-9-14-23-15-18;/h3,7,12,16,18H,1-2,4-6,8-11,13-15H2,(H2,20,21,22);1H. The molecule has 1 saturated carbocycles. The number of hydrogen-bond donors (Lipinski definition) is 2. The largest absolute Gasteiger partial charge is 0.469 e. The molecule has 1 saturated heterocycles. The average molecular weight is 477 g/mol. The maximum atomic E-state index is 5.80. The van der Waals surface area contributed by atoms with Gasteiger partial charge in [0, 0.05) is 38.8 Å². The Hall–Kier alpha value is -0.800. The molecule has 2 fully saturated rings. The van der Waals surface area contributed by atoms with Crippen LogP contribution in [0, 0.1) is 0 Å². The highest BCUT2D eigenvalue weighted by molar-refractivity contribution is 14.0. The Morgan fingerprint density at radius 2 is 2.15 bits per heavy atom. The molecule has 1 atom stereocenters. The lowest BCUT2D eigenvalue weighted by atomic mass is 10.2. The Balaban J connectivity index is 0.00000243. The molecule has 0 amide bonds. The predicted molar refractivity (Wildman–Crippen MR) is 113 cm³/mol. The Morgan fingerprint density at radius 1 is 1.27 bits per heavy atom. The van der Waals surface area contributed by atoms with Gasteiger partial charge < -0.3 is 24.5 Å². The van der Waals surface area contributed by atoms with Crippen LogP contribution in [0.1, 0.15) is 44.3 Å². The maximum absolute atomic E-state index is 5.80. The van der Waals surface area contributed by atoms with E-state index in [-0.39, 0.29) is 30.1 Å². The van der Waals surface area contributed by atoms with Crippen LogP contribution < -0.4 is 10.6 Å². The van der Waals surface area contributed by atoms with Gasteiger partial charge in [-0.15, -0.1) is 24.0 Å². The van der Waals surface area contributed by atoms with Gasteiger partial charge in [0.05, 0.1) is 19.0 Å². The summed E-state index contributed by atoms with van der Waals surface area (Å²) in [5.74, 6) is 1.92. The normalized spacial score (nSPS) is 20.9. The third-order valence-corrected chi connectivity index (χ3v) is 4.75. The van der Waals surface area contributed by atoms with Crippen molar-refractivity contribution in [3.05, 3.63) is 24.2 Å². The summed E-state index contributed by atoms with van der Waals surface area (Å²) < 4.78 is 16.5. The topological polar surface area (TPSA) is 68.0 Å². The SMILES string of the molecule is I.c1coc(CCNC(=NCCCOC2CCOC2)NC2CCCC2)c1. The molecule has 0 radical (unpaired) electrons. The van der Waals surface area contributed by atoms with Crippen molar-refractivity contribution >= 4 is 29.9 Å². The van der Waals surface area contributed by atoms with E-state index >= 15 is 0 Å². The molecule has 148 valence electrons. The van der Waals surface area contributed by atoms with E-state index in [4.69, 9.17) is 18.9 Å². The highest BCUT2D eigenvalue weighted by Gasteiger charge is 2.17. The highest BCUT2D eigenvalue weighted by Crippen LogP contribution is 2.17. The average Bonchev–Trinajstić information content (AvgIpc) is 3.38. The first-order chi connectivity index (χ1) is 12.4. The van der Waals surface area contributed by atoms with Gasteiger partial charge in [-0.25, -0.2) is 0 Å².